The first-order valence-corrected chi connectivity index (χ1v) is 7.18. The van der Waals surface area contributed by atoms with Crippen LogP contribution in [0.3, 0.4) is 0 Å². The van der Waals surface area contributed by atoms with Crippen LogP contribution in [0.1, 0.15) is 23.2 Å². The smallest absolute Gasteiger partial charge is 0.248 e. The Morgan fingerprint density at radius 2 is 2.14 bits per heavy atom. The number of rotatable bonds is 5. The standard InChI is InChI=1S/C15H21N3O3/c16-15(20)12-3-1-4-13(11-12)21-10-5-14(19)18-8-2-6-17-7-9-18/h1,3-4,11,17H,2,5-10H2,(H2,16,20). The fourth-order valence-corrected chi connectivity index (χ4v) is 2.25. The van der Waals surface area contributed by atoms with Gasteiger partial charge in [-0.05, 0) is 31.2 Å². The highest BCUT2D eigenvalue weighted by molar-refractivity contribution is 5.93. The predicted octanol–water partition coefficient (Wildman–Crippen LogP) is 0.376. The van der Waals surface area contributed by atoms with E-state index in [0.29, 0.717) is 24.3 Å². The van der Waals surface area contributed by atoms with Gasteiger partial charge in [-0.2, -0.15) is 0 Å². The summed E-state index contributed by atoms with van der Waals surface area (Å²) in [4.78, 5) is 25.0. The third-order valence-electron chi connectivity index (χ3n) is 3.40. The summed E-state index contributed by atoms with van der Waals surface area (Å²) in [5.74, 6) is 0.162. The Morgan fingerprint density at radius 3 is 2.95 bits per heavy atom. The van der Waals surface area contributed by atoms with Crippen LogP contribution >= 0.6 is 0 Å². The van der Waals surface area contributed by atoms with Gasteiger partial charge in [-0.1, -0.05) is 6.07 Å². The van der Waals surface area contributed by atoms with Crippen molar-refractivity contribution in [3.05, 3.63) is 29.8 Å². The molecule has 2 amide bonds. The van der Waals surface area contributed by atoms with Crippen molar-refractivity contribution in [1.29, 1.82) is 0 Å². The predicted molar refractivity (Wildman–Crippen MR) is 79.1 cm³/mol. The maximum Gasteiger partial charge on any atom is 0.248 e. The van der Waals surface area contributed by atoms with Crippen molar-refractivity contribution >= 4 is 11.8 Å². The van der Waals surface area contributed by atoms with Gasteiger partial charge < -0.3 is 20.7 Å². The number of nitrogens with one attached hydrogen (secondary N) is 1. The van der Waals surface area contributed by atoms with Crippen LogP contribution in [0.5, 0.6) is 5.75 Å². The van der Waals surface area contributed by atoms with Crippen LogP contribution in [0.2, 0.25) is 0 Å². The fourth-order valence-electron chi connectivity index (χ4n) is 2.25. The second kappa shape index (κ2) is 7.64. The highest BCUT2D eigenvalue weighted by Gasteiger charge is 2.15. The highest BCUT2D eigenvalue weighted by Crippen LogP contribution is 2.13. The molecule has 0 atom stereocenters. The van der Waals surface area contributed by atoms with E-state index < -0.39 is 5.91 Å². The SMILES string of the molecule is NC(=O)c1cccc(OCCC(=O)N2CCCNCC2)c1. The molecular weight excluding hydrogens is 270 g/mol. The zero-order valence-electron chi connectivity index (χ0n) is 12.0. The number of nitrogens with two attached hydrogens (primary N) is 1. The Bertz CT molecular complexity index is 497. The van der Waals surface area contributed by atoms with Gasteiger partial charge in [0.25, 0.3) is 0 Å². The fraction of sp³-hybridized carbons (Fsp3) is 0.467. The van der Waals surface area contributed by atoms with Gasteiger partial charge in [-0.3, -0.25) is 9.59 Å². The Hall–Kier alpha value is -2.08. The van der Waals surface area contributed by atoms with Crippen LogP contribution in [-0.2, 0) is 4.79 Å². The average Bonchev–Trinajstić information content (AvgIpc) is 2.76. The number of amides is 2. The molecule has 1 aliphatic rings. The summed E-state index contributed by atoms with van der Waals surface area (Å²) in [6.45, 7) is 3.64. The van der Waals surface area contributed by atoms with E-state index in [9.17, 15) is 9.59 Å². The number of carbonyl (C=O) groups is 2. The normalized spacial score (nSPS) is 15.3. The molecule has 2 rings (SSSR count). The molecule has 1 aromatic carbocycles. The van der Waals surface area contributed by atoms with E-state index in [2.05, 4.69) is 5.32 Å². The van der Waals surface area contributed by atoms with E-state index in [1.54, 1.807) is 24.3 Å². The summed E-state index contributed by atoms with van der Waals surface area (Å²) < 4.78 is 5.52. The van der Waals surface area contributed by atoms with Crippen LogP contribution in [0.4, 0.5) is 0 Å². The van der Waals surface area contributed by atoms with Crippen molar-refractivity contribution in [3.63, 3.8) is 0 Å². The molecule has 0 bridgehead atoms. The minimum Gasteiger partial charge on any atom is -0.493 e. The Labute approximate surface area is 124 Å². The van der Waals surface area contributed by atoms with Crippen molar-refractivity contribution in [2.75, 3.05) is 32.8 Å². The zero-order chi connectivity index (χ0) is 15.1. The Morgan fingerprint density at radius 1 is 1.29 bits per heavy atom. The summed E-state index contributed by atoms with van der Waals surface area (Å²) >= 11 is 0. The minimum atomic E-state index is -0.492. The monoisotopic (exact) mass is 291 g/mol. The molecule has 1 saturated heterocycles. The molecule has 1 fully saturated rings. The van der Waals surface area contributed by atoms with Gasteiger partial charge in [-0.15, -0.1) is 0 Å². The lowest BCUT2D eigenvalue weighted by molar-refractivity contribution is -0.131. The molecule has 0 radical (unpaired) electrons. The van der Waals surface area contributed by atoms with Crippen LogP contribution in [0.25, 0.3) is 0 Å². The van der Waals surface area contributed by atoms with Crippen molar-refractivity contribution in [2.45, 2.75) is 12.8 Å². The number of hydrogen-bond acceptors (Lipinski definition) is 4. The van der Waals surface area contributed by atoms with E-state index in [-0.39, 0.29) is 5.91 Å². The summed E-state index contributed by atoms with van der Waals surface area (Å²) in [6, 6.07) is 6.66. The minimum absolute atomic E-state index is 0.102. The van der Waals surface area contributed by atoms with Gasteiger partial charge in [0.2, 0.25) is 11.8 Å². The molecule has 114 valence electrons. The number of hydrogen-bond donors (Lipinski definition) is 2. The van der Waals surface area contributed by atoms with Crippen LogP contribution in [0.15, 0.2) is 24.3 Å². The van der Waals surface area contributed by atoms with Crippen molar-refractivity contribution in [1.82, 2.24) is 10.2 Å². The molecule has 6 nitrogen and oxygen atoms in total. The third-order valence-corrected chi connectivity index (χ3v) is 3.40. The van der Waals surface area contributed by atoms with E-state index in [1.165, 1.54) is 0 Å². The number of primary amides is 1. The topological polar surface area (TPSA) is 84.7 Å². The van der Waals surface area contributed by atoms with E-state index in [4.69, 9.17) is 10.5 Å². The van der Waals surface area contributed by atoms with Gasteiger partial charge in [0.05, 0.1) is 13.0 Å². The molecule has 0 saturated carbocycles. The highest BCUT2D eigenvalue weighted by atomic mass is 16.5. The number of nitrogens with zero attached hydrogens (tertiary/aromatic N) is 1. The maximum atomic E-state index is 12.1. The third kappa shape index (κ3) is 4.75. The maximum absolute atomic E-state index is 12.1. The molecule has 0 aliphatic carbocycles. The molecule has 0 aromatic heterocycles. The first-order valence-electron chi connectivity index (χ1n) is 7.18. The molecule has 21 heavy (non-hydrogen) atoms. The summed E-state index contributed by atoms with van der Waals surface area (Å²) in [7, 11) is 0. The second-order valence-electron chi connectivity index (χ2n) is 4.97. The van der Waals surface area contributed by atoms with E-state index >= 15 is 0 Å². The van der Waals surface area contributed by atoms with Crippen molar-refractivity contribution in [3.8, 4) is 5.75 Å². The molecule has 1 heterocycles. The second-order valence-corrected chi connectivity index (χ2v) is 4.97. The molecule has 3 N–H and O–H groups in total. The van der Waals surface area contributed by atoms with E-state index in [1.807, 2.05) is 4.90 Å². The van der Waals surface area contributed by atoms with Crippen LogP contribution in [-0.4, -0.2) is 49.5 Å². The molecule has 6 heteroatoms. The van der Waals surface area contributed by atoms with Gasteiger partial charge in [-0.25, -0.2) is 0 Å². The Balaban J connectivity index is 1.79. The van der Waals surface area contributed by atoms with E-state index in [0.717, 1.165) is 32.6 Å². The number of carbonyl (C=O) groups excluding carboxylic acids is 2. The van der Waals surface area contributed by atoms with Gasteiger partial charge in [0.15, 0.2) is 0 Å². The zero-order valence-corrected chi connectivity index (χ0v) is 12.0. The van der Waals surface area contributed by atoms with Crippen LogP contribution < -0.4 is 15.8 Å². The summed E-state index contributed by atoms with van der Waals surface area (Å²) in [5.41, 5.74) is 5.61. The molecule has 1 aliphatic heterocycles. The molecule has 0 unspecified atom stereocenters. The van der Waals surface area contributed by atoms with Crippen molar-refractivity contribution in [2.24, 2.45) is 5.73 Å². The molecule has 1 aromatic rings. The lowest BCUT2D eigenvalue weighted by Gasteiger charge is -2.19. The van der Waals surface area contributed by atoms with Gasteiger partial charge in [0.1, 0.15) is 5.75 Å². The number of ether oxygens (including phenoxy) is 1. The first kappa shape index (κ1) is 15.3. The largest absolute Gasteiger partial charge is 0.493 e. The van der Waals surface area contributed by atoms with Gasteiger partial charge >= 0.3 is 0 Å². The van der Waals surface area contributed by atoms with Crippen molar-refractivity contribution < 1.29 is 14.3 Å². The summed E-state index contributed by atoms with van der Waals surface area (Å²) in [5, 5.41) is 3.26. The van der Waals surface area contributed by atoms with Crippen LogP contribution in [0, 0.1) is 0 Å². The van der Waals surface area contributed by atoms with Gasteiger partial charge in [0, 0.05) is 25.2 Å². The molecular formula is C15H21N3O3. The Kier molecular flexibility index (Phi) is 5.57. The molecule has 0 spiro atoms. The average molecular weight is 291 g/mol. The lowest BCUT2D eigenvalue weighted by Crippen LogP contribution is -2.34. The summed E-state index contributed by atoms with van der Waals surface area (Å²) in [6.07, 6.45) is 1.31. The number of benzene rings is 1. The lowest BCUT2D eigenvalue weighted by atomic mass is 10.2. The quantitative estimate of drug-likeness (QED) is 0.821. The first-order chi connectivity index (χ1) is 10.2.